The summed E-state index contributed by atoms with van der Waals surface area (Å²) >= 11 is 5.95. The van der Waals surface area contributed by atoms with Crippen LogP contribution in [0.5, 0.6) is 0 Å². The third-order valence-electron chi connectivity index (χ3n) is 5.64. The lowest BCUT2D eigenvalue weighted by molar-refractivity contribution is 0.0469. The highest BCUT2D eigenvalue weighted by Crippen LogP contribution is 2.19. The molecule has 168 valence electrons. The van der Waals surface area contributed by atoms with E-state index < -0.39 is 18.1 Å². The van der Waals surface area contributed by atoms with Crippen molar-refractivity contribution in [3.05, 3.63) is 98.2 Å². The maximum absolute atomic E-state index is 12.8. The first-order valence-electron chi connectivity index (χ1n) is 10.4. The predicted molar refractivity (Wildman–Crippen MR) is 126 cm³/mol. The van der Waals surface area contributed by atoms with Gasteiger partial charge in [-0.1, -0.05) is 41.9 Å². The van der Waals surface area contributed by atoms with Crippen LogP contribution in [0.25, 0.3) is 10.8 Å². The summed E-state index contributed by atoms with van der Waals surface area (Å²) in [5.74, 6) is -1.07. The molecule has 2 heterocycles. The Morgan fingerprint density at radius 3 is 2.48 bits per heavy atom. The van der Waals surface area contributed by atoms with E-state index in [0.29, 0.717) is 27.9 Å². The molecular formula is C25H22ClN3O4. The van der Waals surface area contributed by atoms with Crippen molar-refractivity contribution in [2.24, 2.45) is 0 Å². The number of ketones is 1. The molecule has 2 aromatic carbocycles. The van der Waals surface area contributed by atoms with E-state index in [2.05, 4.69) is 14.8 Å². The molecule has 0 bridgehead atoms. The van der Waals surface area contributed by atoms with Crippen LogP contribution in [-0.2, 0) is 17.7 Å². The van der Waals surface area contributed by atoms with Crippen molar-refractivity contribution in [3.8, 4) is 0 Å². The van der Waals surface area contributed by atoms with Crippen LogP contribution in [0.4, 0.5) is 0 Å². The minimum atomic E-state index is -0.771. The quantitative estimate of drug-likeness (QED) is 0.326. The molecule has 8 heteroatoms. The van der Waals surface area contributed by atoms with Gasteiger partial charge in [0.05, 0.1) is 5.39 Å². The SMILES string of the molecule is Cc1cc(C(=O)COC(=O)c2n[nH]c(=O)c3ccccc23)c(C)n1CCc1ccc(Cl)cc1. The molecule has 4 rings (SSSR count). The molecule has 0 fully saturated rings. The Morgan fingerprint density at radius 2 is 1.76 bits per heavy atom. The lowest BCUT2D eigenvalue weighted by atomic mass is 10.1. The summed E-state index contributed by atoms with van der Waals surface area (Å²) in [6.07, 6.45) is 0.793. The summed E-state index contributed by atoms with van der Waals surface area (Å²) in [5.41, 5.74) is 2.99. The molecule has 7 nitrogen and oxygen atoms in total. The first kappa shape index (κ1) is 22.5. The Morgan fingerprint density at radius 1 is 1.06 bits per heavy atom. The van der Waals surface area contributed by atoms with Crippen molar-refractivity contribution in [2.45, 2.75) is 26.8 Å². The zero-order valence-electron chi connectivity index (χ0n) is 18.2. The van der Waals surface area contributed by atoms with E-state index in [9.17, 15) is 14.4 Å². The number of aromatic amines is 1. The monoisotopic (exact) mass is 463 g/mol. The Kier molecular flexibility index (Phi) is 6.42. The fourth-order valence-corrected chi connectivity index (χ4v) is 3.99. The molecule has 1 N–H and O–H groups in total. The van der Waals surface area contributed by atoms with Gasteiger partial charge in [-0.05, 0) is 50.1 Å². The van der Waals surface area contributed by atoms with Crippen LogP contribution < -0.4 is 5.56 Å². The van der Waals surface area contributed by atoms with Gasteiger partial charge >= 0.3 is 5.97 Å². The highest BCUT2D eigenvalue weighted by molar-refractivity contribution is 6.30. The van der Waals surface area contributed by atoms with Gasteiger partial charge in [-0.25, -0.2) is 9.89 Å². The van der Waals surface area contributed by atoms with Crippen LogP contribution in [-0.4, -0.2) is 33.1 Å². The number of hydrogen-bond acceptors (Lipinski definition) is 5. The Hall–Kier alpha value is -3.71. The van der Waals surface area contributed by atoms with E-state index in [1.54, 1.807) is 30.3 Å². The van der Waals surface area contributed by atoms with Gasteiger partial charge in [-0.2, -0.15) is 5.10 Å². The number of rotatable bonds is 7. The zero-order valence-corrected chi connectivity index (χ0v) is 19.0. The smallest absolute Gasteiger partial charge is 0.359 e. The number of carbonyl (C=O) groups excluding carboxylic acids is 2. The third-order valence-corrected chi connectivity index (χ3v) is 5.89. The van der Waals surface area contributed by atoms with E-state index in [1.807, 2.05) is 38.1 Å². The molecule has 0 aliphatic carbocycles. The molecule has 0 saturated carbocycles. The van der Waals surface area contributed by atoms with Crippen molar-refractivity contribution in [1.82, 2.24) is 14.8 Å². The predicted octanol–water partition coefficient (Wildman–Crippen LogP) is 4.28. The molecule has 0 unspecified atom stereocenters. The largest absolute Gasteiger partial charge is 0.452 e. The molecule has 0 radical (unpaired) electrons. The van der Waals surface area contributed by atoms with Gasteiger partial charge in [0, 0.05) is 33.9 Å². The molecule has 0 saturated heterocycles. The summed E-state index contributed by atoms with van der Waals surface area (Å²) in [6.45, 7) is 4.10. The van der Waals surface area contributed by atoms with Crippen molar-refractivity contribution in [2.75, 3.05) is 6.61 Å². The number of aryl methyl sites for hydroxylation is 2. The Balaban J connectivity index is 1.45. The Bertz CT molecular complexity index is 1400. The van der Waals surface area contributed by atoms with Crippen LogP contribution in [0.1, 0.15) is 37.8 Å². The minimum absolute atomic E-state index is 0.0357. The van der Waals surface area contributed by atoms with Crippen LogP contribution in [0.3, 0.4) is 0 Å². The number of carbonyl (C=O) groups is 2. The molecular weight excluding hydrogens is 442 g/mol. The second kappa shape index (κ2) is 9.42. The maximum atomic E-state index is 12.8. The van der Waals surface area contributed by atoms with E-state index in [4.69, 9.17) is 16.3 Å². The number of fused-ring (bicyclic) bond motifs is 1. The highest BCUT2D eigenvalue weighted by atomic mass is 35.5. The van der Waals surface area contributed by atoms with Crippen LogP contribution >= 0.6 is 11.6 Å². The molecule has 4 aromatic rings. The van der Waals surface area contributed by atoms with Crippen LogP contribution in [0.15, 0.2) is 59.4 Å². The van der Waals surface area contributed by atoms with Gasteiger partial charge in [0.25, 0.3) is 5.56 Å². The molecule has 33 heavy (non-hydrogen) atoms. The number of esters is 1. The van der Waals surface area contributed by atoms with Gasteiger partial charge in [-0.3, -0.25) is 9.59 Å². The second-order valence-corrected chi connectivity index (χ2v) is 8.20. The topological polar surface area (TPSA) is 94.1 Å². The molecule has 0 spiro atoms. The van der Waals surface area contributed by atoms with Gasteiger partial charge < -0.3 is 9.30 Å². The molecule has 0 aliphatic rings. The third kappa shape index (κ3) is 4.73. The summed E-state index contributed by atoms with van der Waals surface area (Å²) in [4.78, 5) is 37.3. The minimum Gasteiger partial charge on any atom is -0.452 e. The highest BCUT2D eigenvalue weighted by Gasteiger charge is 2.20. The van der Waals surface area contributed by atoms with E-state index in [1.165, 1.54) is 0 Å². The first-order chi connectivity index (χ1) is 15.8. The number of H-pyrrole nitrogens is 1. The maximum Gasteiger partial charge on any atom is 0.359 e. The molecule has 0 aliphatic heterocycles. The zero-order chi connectivity index (χ0) is 23.5. The molecule has 2 aromatic heterocycles. The normalized spacial score (nSPS) is 11.0. The standard InChI is InChI=1S/C25H22ClN3O4/c1-15-13-21(16(2)29(15)12-11-17-7-9-18(26)10-8-17)22(30)14-33-25(32)23-19-5-3-4-6-20(19)24(31)28-27-23/h3-10,13H,11-12,14H2,1-2H3,(H,28,31). The van der Waals surface area contributed by atoms with Crippen molar-refractivity contribution >= 4 is 34.1 Å². The van der Waals surface area contributed by atoms with Crippen molar-refractivity contribution in [1.29, 1.82) is 0 Å². The number of benzene rings is 2. The van der Waals surface area contributed by atoms with Crippen molar-refractivity contribution in [3.63, 3.8) is 0 Å². The number of Topliss-reactive ketones (excluding diaryl/α,β-unsaturated/α-hetero) is 1. The number of nitrogens with one attached hydrogen (secondary N) is 1. The summed E-state index contributed by atoms with van der Waals surface area (Å²) < 4.78 is 7.31. The molecule has 0 amide bonds. The lowest BCUT2D eigenvalue weighted by Gasteiger charge is -2.10. The van der Waals surface area contributed by atoms with Crippen LogP contribution in [0.2, 0.25) is 5.02 Å². The summed E-state index contributed by atoms with van der Waals surface area (Å²) in [7, 11) is 0. The Labute approximate surface area is 195 Å². The van der Waals surface area contributed by atoms with Gasteiger partial charge in [0.15, 0.2) is 12.3 Å². The van der Waals surface area contributed by atoms with Crippen molar-refractivity contribution < 1.29 is 14.3 Å². The van der Waals surface area contributed by atoms with E-state index in [0.717, 1.165) is 23.4 Å². The number of halogens is 1. The van der Waals surface area contributed by atoms with Gasteiger partial charge in [0.2, 0.25) is 5.78 Å². The number of aromatic nitrogens is 3. The molecule has 0 atom stereocenters. The number of ether oxygens (including phenoxy) is 1. The first-order valence-corrected chi connectivity index (χ1v) is 10.8. The number of hydrogen-bond donors (Lipinski definition) is 1. The number of nitrogens with zero attached hydrogens (tertiary/aromatic N) is 2. The van der Waals surface area contributed by atoms with E-state index in [-0.39, 0.29) is 11.5 Å². The average molecular weight is 464 g/mol. The van der Waals surface area contributed by atoms with Gasteiger partial charge in [-0.15, -0.1) is 0 Å². The fourth-order valence-electron chi connectivity index (χ4n) is 3.87. The van der Waals surface area contributed by atoms with Crippen LogP contribution in [0, 0.1) is 13.8 Å². The summed E-state index contributed by atoms with van der Waals surface area (Å²) in [5, 5.41) is 7.50. The fraction of sp³-hybridized carbons (Fsp3) is 0.200. The second-order valence-electron chi connectivity index (χ2n) is 7.76. The average Bonchev–Trinajstić information content (AvgIpc) is 3.10. The summed E-state index contributed by atoms with van der Waals surface area (Å²) in [6, 6.07) is 16.1. The van der Waals surface area contributed by atoms with Gasteiger partial charge in [0.1, 0.15) is 0 Å². The van der Waals surface area contributed by atoms with E-state index >= 15 is 0 Å². The lowest BCUT2D eigenvalue weighted by Crippen LogP contribution is -2.19.